The number of esters is 1. The van der Waals surface area contributed by atoms with Crippen LogP contribution < -0.4 is 5.32 Å². The van der Waals surface area contributed by atoms with Gasteiger partial charge in [-0.15, -0.1) is 10.2 Å². The van der Waals surface area contributed by atoms with Gasteiger partial charge < -0.3 is 14.6 Å². The fourth-order valence-corrected chi connectivity index (χ4v) is 2.78. The highest BCUT2D eigenvalue weighted by molar-refractivity contribution is 7.99. The number of aromatic nitrogens is 3. The molecule has 0 saturated carbocycles. The van der Waals surface area contributed by atoms with Crippen LogP contribution in [0.25, 0.3) is 0 Å². The molecule has 1 amide bonds. The van der Waals surface area contributed by atoms with E-state index in [0.29, 0.717) is 23.3 Å². The minimum atomic E-state index is -0.553. The Morgan fingerprint density at radius 1 is 1.40 bits per heavy atom. The Morgan fingerprint density at radius 3 is 2.84 bits per heavy atom. The normalized spacial score (nSPS) is 10.6. The molecule has 0 aliphatic rings. The average molecular weight is 387 g/mol. The summed E-state index contributed by atoms with van der Waals surface area (Å²) >= 11 is 6.83. The first-order valence-corrected chi connectivity index (χ1v) is 8.68. The average Bonchev–Trinajstić information content (AvgIpc) is 2.89. The molecule has 0 aliphatic heterocycles. The van der Waals surface area contributed by atoms with Crippen LogP contribution in [0, 0.1) is 5.82 Å². The van der Waals surface area contributed by atoms with Crippen molar-refractivity contribution < 1.29 is 18.7 Å². The van der Waals surface area contributed by atoms with Crippen LogP contribution in [0.1, 0.15) is 12.7 Å². The van der Waals surface area contributed by atoms with E-state index in [9.17, 15) is 14.0 Å². The zero-order valence-electron chi connectivity index (χ0n) is 13.6. The molecule has 0 saturated heterocycles. The van der Waals surface area contributed by atoms with Crippen LogP contribution in [0.15, 0.2) is 23.4 Å². The second-order valence-electron chi connectivity index (χ2n) is 4.91. The van der Waals surface area contributed by atoms with Crippen LogP contribution in [0.4, 0.5) is 10.1 Å². The van der Waals surface area contributed by atoms with Crippen molar-refractivity contribution in [2.75, 3.05) is 17.7 Å². The third kappa shape index (κ3) is 5.43. The van der Waals surface area contributed by atoms with Gasteiger partial charge in [0, 0.05) is 12.7 Å². The molecule has 0 radical (unpaired) electrons. The lowest BCUT2D eigenvalue weighted by molar-refractivity contribution is -0.142. The molecular weight excluding hydrogens is 371 g/mol. The first-order valence-electron chi connectivity index (χ1n) is 7.32. The van der Waals surface area contributed by atoms with Gasteiger partial charge in [-0.05, 0) is 25.1 Å². The summed E-state index contributed by atoms with van der Waals surface area (Å²) in [6.45, 7) is 2.02. The Kier molecular flexibility index (Phi) is 6.77. The lowest BCUT2D eigenvalue weighted by Crippen LogP contribution is -2.15. The second-order valence-corrected chi connectivity index (χ2v) is 6.26. The molecule has 10 heteroatoms. The lowest BCUT2D eigenvalue weighted by atomic mass is 10.3. The lowest BCUT2D eigenvalue weighted by Gasteiger charge is -2.06. The van der Waals surface area contributed by atoms with E-state index < -0.39 is 5.82 Å². The Bertz CT molecular complexity index is 784. The molecule has 0 atom stereocenters. The van der Waals surface area contributed by atoms with Crippen molar-refractivity contribution in [3.05, 3.63) is 34.9 Å². The topological polar surface area (TPSA) is 86.1 Å². The van der Waals surface area contributed by atoms with Crippen molar-refractivity contribution in [3.63, 3.8) is 0 Å². The van der Waals surface area contributed by atoms with Crippen molar-refractivity contribution in [3.8, 4) is 0 Å². The zero-order valence-corrected chi connectivity index (χ0v) is 15.2. The van der Waals surface area contributed by atoms with E-state index in [1.165, 1.54) is 18.2 Å². The SMILES string of the molecule is CCOC(=O)Cc1nnc(SCC(=O)Nc2ccc(F)c(Cl)c2)n1C. The monoisotopic (exact) mass is 386 g/mol. The highest BCUT2D eigenvalue weighted by Crippen LogP contribution is 2.20. The van der Waals surface area contributed by atoms with Crippen LogP contribution in [-0.4, -0.2) is 39.0 Å². The van der Waals surface area contributed by atoms with Gasteiger partial charge in [0.25, 0.3) is 0 Å². The van der Waals surface area contributed by atoms with Gasteiger partial charge in [0.15, 0.2) is 5.16 Å². The quantitative estimate of drug-likeness (QED) is 0.581. The van der Waals surface area contributed by atoms with Crippen molar-refractivity contribution in [1.29, 1.82) is 0 Å². The Balaban J connectivity index is 1.90. The Labute approximate surface area is 152 Å². The van der Waals surface area contributed by atoms with Crippen molar-refractivity contribution in [2.24, 2.45) is 7.05 Å². The van der Waals surface area contributed by atoms with Crippen LogP contribution in [0.3, 0.4) is 0 Å². The van der Waals surface area contributed by atoms with Gasteiger partial charge in [-0.2, -0.15) is 0 Å². The molecule has 0 unspecified atom stereocenters. The van der Waals surface area contributed by atoms with E-state index in [1.54, 1.807) is 18.5 Å². The molecule has 134 valence electrons. The van der Waals surface area contributed by atoms with Gasteiger partial charge in [-0.1, -0.05) is 23.4 Å². The second kappa shape index (κ2) is 8.82. The number of amides is 1. The Morgan fingerprint density at radius 2 is 2.16 bits per heavy atom. The molecule has 2 aromatic rings. The standard InChI is InChI=1S/C15H16ClFN4O3S/c1-3-24-14(23)7-12-19-20-15(21(12)2)25-8-13(22)18-9-4-5-11(17)10(16)6-9/h4-6H,3,7-8H2,1-2H3,(H,18,22). The number of halogens is 2. The van der Waals surface area contributed by atoms with E-state index in [4.69, 9.17) is 16.3 Å². The predicted molar refractivity (Wildman–Crippen MR) is 92.1 cm³/mol. The molecule has 0 bridgehead atoms. The first kappa shape index (κ1) is 19.2. The number of anilines is 1. The summed E-state index contributed by atoms with van der Waals surface area (Å²) in [6, 6.07) is 3.93. The molecule has 25 heavy (non-hydrogen) atoms. The highest BCUT2D eigenvalue weighted by Gasteiger charge is 2.15. The third-order valence-corrected chi connectivity index (χ3v) is 4.38. The molecular formula is C15H16ClFN4O3S. The van der Waals surface area contributed by atoms with Crippen LogP contribution in [0.5, 0.6) is 0 Å². The predicted octanol–water partition coefficient (Wildman–Crippen LogP) is 2.44. The molecule has 1 aromatic carbocycles. The minimum Gasteiger partial charge on any atom is -0.466 e. The number of thioether (sulfide) groups is 1. The van der Waals surface area contributed by atoms with Crippen molar-refractivity contribution in [1.82, 2.24) is 14.8 Å². The summed E-state index contributed by atoms with van der Waals surface area (Å²) in [6.07, 6.45) is 0.0121. The number of rotatable bonds is 7. The summed E-state index contributed by atoms with van der Waals surface area (Å²) in [5.41, 5.74) is 0.401. The number of carbonyl (C=O) groups is 2. The van der Waals surface area contributed by atoms with Gasteiger partial charge in [0.05, 0.1) is 17.4 Å². The number of hydrogen-bond acceptors (Lipinski definition) is 6. The molecule has 1 heterocycles. The minimum absolute atomic E-state index is 0.0121. The molecule has 2 rings (SSSR count). The molecule has 0 spiro atoms. The van der Waals surface area contributed by atoms with E-state index >= 15 is 0 Å². The van der Waals surface area contributed by atoms with Crippen molar-refractivity contribution in [2.45, 2.75) is 18.5 Å². The van der Waals surface area contributed by atoms with E-state index in [0.717, 1.165) is 11.8 Å². The van der Waals surface area contributed by atoms with Crippen LogP contribution in [0.2, 0.25) is 5.02 Å². The van der Waals surface area contributed by atoms with Crippen LogP contribution >= 0.6 is 23.4 Å². The van der Waals surface area contributed by atoms with Gasteiger partial charge in [0.1, 0.15) is 18.1 Å². The fraction of sp³-hybridized carbons (Fsp3) is 0.333. The van der Waals surface area contributed by atoms with Crippen molar-refractivity contribution >= 4 is 40.9 Å². The van der Waals surface area contributed by atoms with E-state index in [1.807, 2.05) is 0 Å². The zero-order chi connectivity index (χ0) is 18.4. The molecule has 7 nitrogen and oxygen atoms in total. The number of hydrogen-bond donors (Lipinski definition) is 1. The van der Waals surface area contributed by atoms with Crippen LogP contribution in [-0.2, 0) is 27.8 Å². The summed E-state index contributed by atoms with van der Waals surface area (Å²) in [5, 5.41) is 10.9. The summed E-state index contributed by atoms with van der Waals surface area (Å²) in [5.74, 6) is -0.725. The molecule has 0 aliphatic carbocycles. The van der Waals surface area contributed by atoms with Gasteiger partial charge in [-0.25, -0.2) is 4.39 Å². The smallest absolute Gasteiger partial charge is 0.313 e. The number of carbonyl (C=O) groups excluding carboxylic acids is 2. The molecule has 1 N–H and O–H groups in total. The van der Waals surface area contributed by atoms with E-state index in [-0.39, 0.29) is 29.1 Å². The van der Waals surface area contributed by atoms with E-state index in [2.05, 4.69) is 15.5 Å². The summed E-state index contributed by atoms with van der Waals surface area (Å²) in [7, 11) is 1.70. The van der Waals surface area contributed by atoms with Gasteiger partial charge >= 0.3 is 5.97 Å². The van der Waals surface area contributed by atoms with Gasteiger partial charge in [-0.3, -0.25) is 9.59 Å². The number of ether oxygens (including phenoxy) is 1. The summed E-state index contributed by atoms with van der Waals surface area (Å²) < 4.78 is 19.6. The fourth-order valence-electron chi connectivity index (χ4n) is 1.87. The largest absolute Gasteiger partial charge is 0.466 e. The number of benzene rings is 1. The van der Waals surface area contributed by atoms with Gasteiger partial charge in [0.2, 0.25) is 5.91 Å². The summed E-state index contributed by atoms with van der Waals surface area (Å²) in [4.78, 5) is 23.4. The third-order valence-electron chi connectivity index (χ3n) is 3.07. The molecule has 0 fully saturated rings. The highest BCUT2D eigenvalue weighted by atomic mass is 35.5. The first-order chi connectivity index (χ1) is 11.9. The number of nitrogens with one attached hydrogen (secondary N) is 1. The molecule has 1 aromatic heterocycles. The maximum absolute atomic E-state index is 13.1. The maximum atomic E-state index is 13.1. The maximum Gasteiger partial charge on any atom is 0.313 e. The Hall–Kier alpha value is -2.13. The number of nitrogens with zero attached hydrogens (tertiary/aromatic N) is 3.